The van der Waals surface area contributed by atoms with Crippen LogP contribution in [-0.4, -0.2) is 0 Å². The highest BCUT2D eigenvalue weighted by molar-refractivity contribution is 5.23. The first-order valence-corrected chi connectivity index (χ1v) is 3.22. The van der Waals surface area contributed by atoms with Gasteiger partial charge in [0, 0.05) is 11.4 Å². The summed E-state index contributed by atoms with van der Waals surface area (Å²) >= 11 is 0. The molecular weight excluding hydrogens is 124 g/mol. The maximum Gasteiger partial charge on any atom is 0.0271 e. The second kappa shape index (κ2) is 4.68. The fourth-order valence-corrected chi connectivity index (χ4v) is 0.385. The third-order valence-electron chi connectivity index (χ3n) is 1.13. The molecule has 0 radical (unpaired) electrons. The zero-order valence-corrected chi connectivity index (χ0v) is 6.46. The fourth-order valence-electron chi connectivity index (χ4n) is 0.385. The van der Waals surface area contributed by atoms with Crippen LogP contribution in [-0.2, 0) is 0 Å². The van der Waals surface area contributed by atoms with Gasteiger partial charge in [-0.15, -0.1) is 0 Å². The van der Waals surface area contributed by atoms with E-state index in [0.29, 0.717) is 0 Å². The maximum atomic E-state index is 5.47. The van der Waals surface area contributed by atoms with Crippen LogP contribution in [0.3, 0.4) is 0 Å². The molecular formula is C8H14N2. The summed E-state index contributed by atoms with van der Waals surface area (Å²) < 4.78 is 0. The Kier molecular flexibility index (Phi) is 4.12. The largest absolute Gasteiger partial charge is 0.399 e. The summed E-state index contributed by atoms with van der Waals surface area (Å²) in [6.45, 7) is 3.76. The molecule has 0 amide bonds. The Morgan fingerprint density at radius 1 is 0.900 bits per heavy atom. The lowest BCUT2D eigenvalue weighted by molar-refractivity contribution is 1.35. The number of nitrogens with two attached hydrogens (primary N) is 2. The van der Waals surface area contributed by atoms with Crippen molar-refractivity contribution in [3.05, 3.63) is 35.7 Å². The van der Waals surface area contributed by atoms with Gasteiger partial charge in [-0.1, -0.05) is 12.2 Å². The highest BCUT2D eigenvalue weighted by atomic mass is 14.6. The normalized spacial score (nSPS) is 14.6. The molecule has 0 aliphatic carbocycles. The number of hydrogen-bond acceptors (Lipinski definition) is 2. The SMILES string of the molecule is C\C=C(N)/C=C\C(N)=C/C. The van der Waals surface area contributed by atoms with Gasteiger partial charge in [0.05, 0.1) is 0 Å². The molecule has 0 aliphatic heterocycles. The van der Waals surface area contributed by atoms with Crippen molar-refractivity contribution >= 4 is 0 Å². The van der Waals surface area contributed by atoms with Crippen molar-refractivity contribution in [1.29, 1.82) is 0 Å². The first-order valence-electron chi connectivity index (χ1n) is 3.22. The Balaban J connectivity index is 4.01. The van der Waals surface area contributed by atoms with E-state index < -0.39 is 0 Å². The second-order valence-corrected chi connectivity index (χ2v) is 1.91. The van der Waals surface area contributed by atoms with Crippen LogP contribution in [0.5, 0.6) is 0 Å². The molecule has 0 saturated heterocycles. The monoisotopic (exact) mass is 138 g/mol. The number of allylic oxidation sites excluding steroid dienone is 4. The average Bonchev–Trinajstić information content (AvgIpc) is 1.99. The Morgan fingerprint density at radius 3 is 1.40 bits per heavy atom. The van der Waals surface area contributed by atoms with Crippen molar-refractivity contribution < 1.29 is 0 Å². The van der Waals surface area contributed by atoms with Crippen LogP contribution in [0.4, 0.5) is 0 Å². The van der Waals surface area contributed by atoms with Gasteiger partial charge >= 0.3 is 0 Å². The highest BCUT2D eigenvalue weighted by Crippen LogP contribution is 1.90. The van der Waals surface area contributed by atoms with Crippen LogP contribution in [0.25, 0.3) is 0 Å². The summed E-state index contributed by atoms with van der Waals surface area (Å²) in [7, 11) is 0. The summed E-state index contributed by atoms with van der Waals surface area (Å²) in [5, 5.41) is 0. The minimum atomic E-state index is 0.727. The molecule has 0 saturated carbocycles. The molecule has 2 nitrogen and oxygen atoms in total. The van der Waals surface area contributed by atoms with Crippen LogP contribution in [0, 0.1) is 0 Å². The highest BCUT2D eigenvalue weighted by Gasteiger charge is 1.78. The number of rotatable bonds is 2. The first-order chi connectivity index (χ1) is 4.70. The van der Waals surface area contributed by atoms with Crippen LogP contribution in [0.15, 0.2) is 35.7 Å². The third kappa shape index (κ3) is 3.78. The van der Waals surface area contributed by atoms with Gasteiger partial charge in [0.2, 0.25) is 0 Å². The van der Waals surface area contributed by atoms with Crippen LogP contribution in [0.2, 0.25) is 0 Å². The molecule has 10 heavy (non-hydrogen) atoms. The average molecular weight is 138 g/mol. The lowest BCUT2D eigenvalue weighted by atomic mass is 10.3. The Labute approximate surface area is 61.9 Å². The molecule has 0 atom stereocenters. The lowest BCUT2D eigenvalue weighted by Gasteiger charge is -1.90. The molecule has 0 unspecified atom stereocenters. The van der Waals surface area contributed by atoms with Gasteiger partial charge in [-0.3, -0.25) is 0 Å². The Hall–Kier alpha value is -1.18. The molecule has 2 heteroatoms. The molecule has 0 aromatic rings. The zero-order chi connectivity index (χ0) is 7.98. The topological polar surface area (TPSA) is 52.0 Å². The predicted octanol–water partition coefficient (Wildman–Crippen LogP) is 1.27. The Bertz CT molecular complexity index is 156. The molecule has 0 heterocycles. The fraction of sp³-hybridized carbons (Fsp3) is 0.250. The molecule has 0 rings (SSSR count). The van der Waals surface area contributed by atoms with E-state index in [0.717, 1.165) is 11.4 Å². The predicted molar refractivity (Wildman–Crippen MR) is 45.0 cm³/mol. The maximum absolute atomic E-state index is 5.47. The van der Waals surface area contributed by atoms with E-state index in [-0.39, 0.29) is 0 Å². The van der Waals surface area contributed by atoms with Crippen molar-refractivity contribution in [3.63, 3.8) is 0 Å². The molecule has 4 N–H and O–H groups in total. The van der Waals surface area contributed by atoms with Crippen molar-refractivity contribution in [1.82, 2.24) is 0 Å². The summed E-state index contributed by atoms with van der Waals surface area (Å²) in [5.74, 6) is 0. The quantitative estimate of drug-likeness (QED) is 0.564. The molecule has 0 aliphatic rings. The van der Waals surface area contributed by atoms with Crippen LogP contribution >= 0.6 is 0 Å². The van der Waals surface area contributed by atoms with Crippen molar-refractivity contribution in [2.45, 2.75) is 13.8 Å². The van der Waals surface area contributed by atoms with Crippen LogP contribution < -0.4 is 11.5 Å². The lowest BCUT2D eigenvalue weighted by Crippen LogP contribution is -1.95. The van der Waals surface area contributed by atoms with Gasteiger partial charge < -0.3 is 11.5 Å². The van der Waals surface area contributed by atoms with Crippen molar-refractivity contribution in [2.75, 3.05) is 0 Å². The molecule has 0 fully saturated rings. The van der Waals surface area contributed by atoms with Gasteiger partial charge in [-0.2, -0.15) is 0 Å². The van der Waals surface area contributed by atoms with Gasteiger partial charge in [-0.25, -0.2) is 0 Å². The van der Waals surface area contributed by atoms with E-state index >= 15 is 0 Å². The van der Waals surface area contributed by atoms with Gasteiger partial charge in [0.25, 0.3) is 0 Å². The minimum absolute atomic E-state index is 0.727. The summed E-state index contributed by atoms with van der Waals surface area (Å²) in [4.78, 5) is 0. The molecule has 56 valence electrons. The zero-order valence-electron chi connectivity index (χ0n) is 6.46. The summed E-state index contributed by atoms with van der Waals surface area (Å²) in [6.07, 6.45) is 7.18. The van der Waals surface area contributed by atoms with Gasteiger partial charge in [-0.05, 0) is 26.0 Å². The summed E-state index contributed by atoms with van der Waals surface area (Å²) in [5.41, 5.74) is 12.4. The van der Waals surface area contributed by atoms with E-state index in [4.69, 9.17) is 11.5 Å². The van der Waals surface area contributed by atoms with E-state index in [1.54, 1.807) is 12.2 Å². The van der Waals surface area contributed by atoms with Gasteiger partial charge in [0.15, 0.2) is 0 Å². The second-order valence-electron chi connectivity index (χ2n) is 1.91. The number of hydrogen-bond donors (Lipinski definition) is 2. The van der Waals surface area contributed by atoms with E-state index in [1.165, 1.54) is 0 Å². The van der Waals surface area contributed by atoms with E-state index in [2.05, 4.69) is 0 Å². The molecule has 0 aromatic heterocycles. The first kappa shape index (κ1) is 8.82. The summed E-state index contributed by atoms with van der Waals surface area (Å²) in [6, 6.07) is 0. The minimum Gasteiger partial charge on any atom is -0.399 e. The van der Waals surface area contributed by atoms with Crippen molar-refractivity contribution in [2.24, 2.45) is 11.5 Å². The molecule has 0 bridgehead atoms. The standard InChI is InChI=1S/C8H14N2/c1-3-7(9)5-6-8(10)4-2/h3-6H,9-10H2,1-2H3/b6-5-,7-3+,8-4+. The van der Waals surface area contributed by atoms with Crippen LogP contribution in [0.1, 0.15) is 13.8 Å². The van der Waals surface area contributed by atoms with Crippen molar-refractivity contribution in [3.8, 4) is 0 Å². The molecule has 0 aromatic carbocycles. The van der Waals surface area contributed by atoms with E-state index in [9.17, 15) is 0 Å². The van der Waals surface area contributed by atoms with Gasteiger partial charge in [0.1, 0.15) is 0 Å². The molecule has 0 spiro atoms. The van der Waals surface area contributed by atoms with E-state index in [1.807, 2.05) is 26.0 Å². The smallest absolute Gasteiger partial charge is 0.0271 e. The Morgan fingerprint density at radius 2 is 1.20 bits per heavy atom. The third-order valence-corrected chi connectivity index (χ3v) is 1.13.